The van der Waals surface area contributed by atoms with Gasteiger partial charge in [0.05, 0.1) is 6.54 Å². The molecule has 1 aromatic heterocycles. The zero-order valence-electron chi connectivity index (χ0n) is 18.4. The van der Waals surface area contributed by atoms with E-state index in [1.165, 1.54) is 11.1 Å². The van der Waals surface area contributed by atoms with Crippen molar-refractivity contribution in [3.8, 4) is 5.75 Å². The van der Waals surface area contributed by atoms with Crippen molar-refractivity contribution >= 4 is 5.91 Å². The van der Waals surface area contributed by atoms with Gasteiger partial charge in [0.25, 0.3) is 5.91 Å². The average molecular weight is 425 g/mol. The fourth-order valence-electron chi connectivity index (χ4n) is 3.62. The van der Waals surface area contributed by atoms with E-state index in [1.807, 2.05) is 71.6 Å². The van der Waals surface area contributed by atoms with Gasteiger partial charge in [-0.05, 0) is 42.3 Å². The Morgan fingerprint density at radius 3 is 2.19 bits per heavy atom. The lowest BCUT2D eigenvalue weighted by Gasteiger charge is -2.24. The third kappa shape index (κ3) is 5.88. The van der Waals surface area contributed by atoms with Gasteiger partial charge >= 0.3 is 0 Å². The summed E-state index contributed by atoms with van der Waals surface area (Å²) in [6, 6.07) is 32.2. The molecule has 162 valence electrons. The van der Waals surface area contributed by atoms with Crippen molar-refractivity contribution in [2.24, 2.45) is 0 Å². The number of rotatable bonds is 9. The van der Waals surface area contributed by atoms with Gasteiger partial charge in [-0.1, -0.05) is 78.4 Å². The minimum atomic E-state index is -0.0409. The topological polar surface area (TPSA) is 34.5 Å². The Labute approximate surface area is 189 Å². The fourth-order valence-corrected chi connectivity index (χ4v) is 3.62. The summed E-state index contributed by atoms with van der Waals surface area (Å²) >= 11 is 0. The number of aromatic nitrogens is 1. The molecule has 3 aromatic carbocycles. The maximum atomic E-state index is 13.1. The molecule has 0 aliphatic heterocycles. The number of aryl methyl sites for hydroxylation is 1. The van der Waals surface area contributed by atoms with Gasteiger partial charge in [-0.25, -0.2) is 0 Å². The first-order valence-corrected chi connectivity index (χ1v) is 10.9. The van der Waals surface area contributed by atoms with Crippen LogP contribution in [0.5, 0.6) is 5.75 Å². The first kappa shape index (κ1) is 21.4. The fraction of sp³-hybridized carbons (Fsp3) is 0.179. The number of nitrogens with zero attached hydrogens (tertiary/aromatic N) is 2. The molecule has 4 rings (SSSR count). The van der Waals surface area contributed by atoms with Crippen molar-refractivity contribution < 1.29 is 9.53 Å². The molecule has 4 nitrogen and oxygen atoms in total. The Morgan fingerprint density at radius 1 is 0.781 bits per heavy atom. The van der Waals surface area contributed by atoms with Gasteiger partial charge in [-0.3, -0.25) is 4.79 Å². The van der Waals surface area contributed by atoms with Crippen LogP contribution >= 0.6 is 0 Å². The van der Waals surface area contributed by atoms with Crippen LogP contribution in [0.3, 0.4) is 0 Å². The quantitative estimate of drug-likeness (QED) is 0.358. The number of amides is 1. The second kappa shape index (κ2) is 10.5. The number of carbonyl (C=O) groups excluding carboxylic acids is 1. The molecule has 0 fully saturated rings. The van der Waals surface area contributed by atoms with E-state index in [4.69, 9.17) is 4.74 Å². The standard InChI is InChI=1S/C28H28N2O2/c1-23-14-16-25(17-15-23)19-29-18-8-11-26(29)21-30(20-24-9-4-2-5-10-24)28(31)22-32-27-12-6-3-7-13-27/h2-18H,19-22H2,1H3. The number of hydrogen-bond donors (Lipinski definition) is 0. The summed E-state index contributed by atoms with van der Waals surface area (Å²) in [7, 11) is 0. The number of ether oxygens (including phenoxy) is 1. The molecule has 0 N–H and O–H groups in total. The van der Waals surface area contributed by atoms with Crippen molar-refractivity contribution in [3.05, 3.63) is 126 Å². The Balaban J connectivity index is 1.49. The predicted octanol–water partition coefficient (Wildman–Crippen LogP) is 5.45. The van der Waals surface area contributed by atoms with E-state index in [1.54, 1.807) is 0 Å². The number of para-hydroxylation sites is 1. The highest BCUT2D eigenvalue weighted by Crippen LogP contribution is 2.15. The summed E-state index contributed by atoms with van der Waals surface area (Å²) < 4.78 is 7.95. The van der Waals surface area contributed by atoms with Crippen LogP contribution < -0.4 is 4.74 Å². The molecule has 0 saturated heterocycles. The average Bonchev–Trinajstić information content (AvgIpc) is 3.26. The molecule has 1 amide bonds. The van der Waals surface area contributed by atoms with Gasteiger partial charge in [0.2, 0.25) is 0 Å². The van der Waals surface area contributed by atoms with Crippen LogP contribution in [0.4, 0.5) is 0 Å². The van der Waals surface area contributed by atoms with Gasteiger partial charge in [0.15, 0.2) is 6.61 Å². The summed E-state index contributed by atoms with van der Waals surface area (Å²) in [6.07, 6.45) is 2.07. The molecule has 1 heterocycles. The van der Waals surface area contributed by atoms with Gasteiger partial charge in [0, 0.05) is 25.0 Å². The Kier molecular flexibility index (Phi) is 7.03. The molecule has 0 spiro atoms. The van der Waals surface area contributed by atoms with Crippen LogP contribution in [-0.2, 0) is 24.4 Å². The van der Waals surface area contributed by atoms with E-state index in [9.17, 15) is 4.79 Å². The van der Waals surface area contributed by atoms with E-state index in [-0.39, 0.29) is 12.5 Å². The van der Waals surface area contributed by atoms with E-state index in [0.29, 0.717) is 18.8 Å². The number of carbonyl (C=O) groups is 1. The van der Waals surface area contributed by atoms with Gasteiger partial charge in [0.1, 0.15) is 5.75 Å². The molecule has 0 atom stereocenters. The molecule has 0 unspecified atom stereocenters. The highest BCUT2D eigenvalue weighted by molar-refractivity contribution is 5.77. The zero-order valence-corrected chi connectivity index (χ0v) is 18.4. The van der Waals surface area contributed by atoms with E-state index in [2.05, 4.69) is 48.0 Å². The maximum Gasteiger partial charge on any atom is 0.261 e. The second-order valence-electron chi connectivity index (χ2n) is 7.95. The van der Waals surface area contributed by atoms with Crippen LogP contribution in [-0.4, -0.2) is 22.0 Å². The molecule has 0 bridgehead atoms. The lowest BCUT2D eigenvalue weighted by molar-refractivity contribution is -0.134. The van der Waals surface area contributed by atoms with Crippen molar-refractivity contribution in [1.29, 1.82) is 0 Å². The summed E-state index contributed by atoms with van der Waals surface area (Å²) in [5.41, 5.74) is 4.67. The number of benzene rings is 3. The first-order chi connectivity index (χ1) is 15.7. The largest absolute Gasteiger partial charge is 0.484 e. The molecular formula is C28H28N2O2. The number of hydrogen-bond acceptors (Lipinski definition) is 2. The van der Waals surface area contributed by atoms with Gasteiger partial charge < -0.3 is 14.2 Å². The molecule has 0 saturated carbocycles. The predicted molar refractivity (Wildman–Crippen MR) is 127 cm³/mol. The van der Waals surface area contributed by atoms with Crippen LogP contribution in [0.1, 0.15) is 22.4 Å². The van der Waals surface area contributed by atoms with Gasteiger partial charge in [-0.2, -0.15) is 0 Å². The van der Waals surface area contributed by atoms with Crippen molar-refractivity contribution in [1.82, 2.24) is 9.47 Å². The SMILES string of the molecule is Cc1ccc(Cn2cccc2CN(Cc2ccccc2)C(=O)COc2ccccc2)cc1. The second-order valence-corrected chi connectivity index (χ2v) is 7.95. The van der Waals surface area contributed by atoms with Gasteiger partial charge in [-0.15, -0.1) is 0 Å². The van der Waals surface area contributed by atoms with E-state index in [0.717, 1.165) is 17.8 Å². The van der Waals surface area contributed by atoms with Crippen LogP contribution in [0.15, 0.2) is 103 Å². The van der Waals surface area contributed by atoms with E-state index >= 15 is 0 Å². The highest BCUT2D eigenvalue weighted by Gasteiger charge is 2.17. The highest BCUT2D eigenvalue weighted by atomic mass is 16.5. The minimum absolute atomic E-state index is 0.00944. The summed E-state index contributed by atoms with van der Waals surface area (Å²) in [6.45, 7) is 3.93. The maximum absolute atomic E-state index is 13.1. The Morgan fingerprint density at radius 2 is 1.47 bits per heavy atom. The smallest absolute Gasteiger partial charge is 0.261 e. The molecule has 4 heteroatoms. The minimum Gasteiger partial charge on any atom is -0.484 e. The normalized spacial score (nSPS) is 10.7. The summed E-state index contributed by atoms with van der Waals surface area (Å²) in [4.78, 5) is 15.0. The third-order valence-electron chi connectivity index (χ3n) is 5.42. The molecule has 0 aliphatic carbocycles. The lowest BCUT2D eigenvalue weighted by atomic mass is 10.1. The molecule has 0 aliphatic rings. The van der Waals surface area contributed by atoms with Crippen molar-refractivity contribution in [2.45, 2.75) is 26.6 Å². The van der Waals surface area contributed by atoms with Crippen molar-refractivity contribution in [2.75, 3.05) is 6.61 Å². The van der Waals surface area contributed by atoms with Crippen LogP contribution in [0.25, 0.3) is 0 Å². The van der Waals surface area contributed by atoms with Crippen LogP contribution in [0.2, 0.25) is 0 Å². The Bertz CT molecular complexity index is 1120. The lowest BCUT2D eigenvalue weighted by Crippen LogP contribution is -2.34. The van der Waals surface area contributed by atoms with Crippen molar-refractivity contribution in [3.63, 3.8) is 0 Å². The summed E-state index contributed by atoms with van der Waals surface area (Å²) in [5.74, 6) is 0.657. The molecule has 0 radical (unpaired) electrons. The molecule has 32 heavy (non-hydrogen) atoms. The molecule has 4 aromatic rings. The van der Waals surface area contributed by atoms with E-state index < -0.39 is 0 Å². The van der Waals surface area contributed by atoms with Crippen LogP contribution in [0, 0.1) is 6.92 Å². The summed E-state index contributed by atoms with van der Waals surface area (Å²) in [5, 5.41) is 0. The zero-order chi connectivity index (χ0) is 22.2. The first-order valence-electron chi connectivity index (χ1n) is 10.9. The molecular weight excluding hydrogens is 396 g/mol. The monoisotopic (exact) mass is 424 g/mol. The Hall–Kier alpha value is -3.79. The third-order valence-corrected chi connectivity index (χ3v) is 5.42.